The van der Waals surface area contributed by atoms with Gasteiger partial charge in [-0.2, -0.15) is 27.8 Å². The summed E-state index contributed by atoms with van der Waals surface area (Å²) < 4.78 is 101. The topological polar surface area (TPSA) is 182 Å². The zero-order valence-electron chi connectivity index (χ0n) is 40.3. The van der Waals surface area contributed by atoms with Crippen molar-refractivity contribution in [2.24, 2.45) is 0 Å². The van der Waals surface area contributed by atoms with Gasteiger partial charge in [0, 0.05) is 33.3 Å². The molecule has 0 spiro atoms. The number of aryl methyl sites for hydroxylation is 4. The molecule has 0 fully saturated rings. The zero-order valence-corrected chi connectivity index (χ0v) is 41.8. The van der Waals surface area contributed by atoms with Crippen LogP contribution in [0.2, 0.25) is 10.0 Å². The third-order valence-electron chi connectivity index (χ3n) is 11.1. The summed E-state index contributed by atoms with van der Waals surface area (Å²) in [5.74, 6) is -0.588. The SMILES string of the molecule is Cc1cc(-n2cnc(C)n2)c2cccc(OCc3c(Cl)cc(F)cc3[C@H](C)NC(=O)COC(F)F)c2n1.Cc1cc(-n2ncnc2C)c2cccc(OCc3c(Cl)cc(F)cc3[C@H](C)NC(=O)COC(F)F)c2n1. The number of hydrogen-bond acceptors (Lipinski definition) is 12. The number of nitrogens with one attached hydrogen (secondary N) is 2. The van der Waals surface area contributed by atoms with Crippen molar-refractivity contribution >= 4 is 56.8 Å². The molecule has 0 saturated heterocycles. The molecule has 0 aliphatic carbocycles. The number of fused-ring (bicyclic) bond motifs is 2. The summed E-state index contributed by atoms with van der Waals surface area (Å²) in [7, 11) is 0. The number of carbonyl (C=O) groups is 2. The van der Waals surface area contributed by atoms with E-state index in [0.717, 1.165) is 45.7 Å². The van der Waals surface area contributed by atoms with Crippen molar-refractivity contribution in [3.8, 4) is 22.9 Å². The Morgan fingerprint density at radius 3 is 1.57 bits per heavy atom. The number of para-hydroxylation sites is 2. The largest absolute Gasteiger partial charge is 0.487 e. The second-order valence-electron chi connectivity index (χ2n) is 16.5. The fraction of sp³-hybridized carbons (Fsp3) is 0.280. The predicted molar refractivity (Wildman–Crippen MR) is 261 cm³/mol. The number of rotatable bonds is 18. The fourth-order valence-electron chi connectivity index (χ4n) is 7.88. The van der Waals surface area contributed by atoms with Gasteiger partial charge in [-0.1, -0.05) is 47.5 Å². The zero-order chi connectivity index (χ0) is 53.4. The average Bonchev–Trinajstić information content (AvgIpc) is 3.98. The first-order chi connectivity index (χ1) is 35.3. The van der Waals surface area contributed by atoms with E-state index in [1.807, 2.05) is 51.1 Å². The Balaban J connectivity index is 0.000000216. The minimum absolute atomic E-state index is 0.0747. The van der Waals surface area contributed by atoms with E-state index < -0.39 is 62.0 Å². The second-order valence-corrected chi connectivity index (χ2v) is 17.3. The summed E-state index contributed by atoms with van der Waals surface area (Å²) in [4.78, 5) is 41.6. The van der Waals surface area contributed by atoms with Crippen LogP contribution >= 0.6 is 23.2 Å². The van der Waals surface area contributed by atoms with Crippen LogP contribution in [0.5, 0.6) is 11.5 Å². The lowest BCUT2D eigenvalue weighted by atomic mass is 10.0. The van der Waals surface area contributed by atoms with Crippen LogP contribution in [0.1, 0.15) is 71.2 Å². The van der Waals surface area contributed by atoms with Crippen molar-refractivity contribution in [3.63, 3.8) is 0 Å². The van der Waals surface area contributed by atoms with E-state index >= 15 is 0 Å². The Morgan fingerprint density at radius 1 is 0.662 bits per heavy atom. The number of nitrogens with zero attached hydrogens (tertiary/aromatic N) is 8. The molecule has 0 saturated carbocycles. The molecule has 0 aliphatic heterocycles. The maximum atomic E-state index is 14.2. The molecule has 74 heavy (non-hydrogen) atoms. The molecule has 0 bridgehead atoms. The number of hydrogen-bond donors (Lipinski definition) is 2. The van der Waals surface area contributed by atoms with Gasteiger partial charge in [-0.25, -0.2) is 38.1 Å². The minimum Gasteiger partial charge on any atom is -0.487 e. The van der Waals surface area contributed by atoms with E-state index in [-0.39, 0.29) is 23.3 Å². The fourth-order valence-corrected chi connectivity index (χ4v) is 8.41. The van der Waals surface area contributed by atoms with Gasteiger partial charge in [0.25, 0.3) is 0 Å². The number of benzene rings is 4. The van der Waals surface area contributed by atoms with Gasteiger partial charge in [0.2, 0.25) is 11.8 Å². The average molecular weight is 1070 g/mol. The highest BCUT2D eigenvalue weighted by atomic mass is 35.5. The standard InChI is InChI=1S/2C25H23ClF3N5O3/c1-13-7-21(34-12-30-15(3)33-34)17-5-4-6-22(24(17)31-13)36-10-19-18(8-16(27)9-20(19)26)14(2)32-23(35)11-37-25(28)29;1-13-7-21(34-15(3)30-12-31-34)17-5-4-6-22(24(17)32-13)36-10-19-18(8-16(27)9-20(19)26)14(2)33-23(35)11-37-25(28)29/h4-9,12,14,25H,10-11H2,1-3H3,(H,32,35);4-9,12,14,25H,10-11H2,1-3H3,(H,33,35)/t2*14-/m00/s1. The molecule has 4 heterocycles. The van der Waals surface area contributed by atoms with Crippen LogP contribution in [0, 0.1) is 39.3 Å². The molecule has 8 rings (SSSR count). The Hall–Kier alpha value is -7.40. The van der Waals surface area contributed by atoms with Crippen LogP contribution in [0.25, 0.3) is 33.2 Å². The first-order valence-corrected chi connectivity index (χ1v) is 23.2. The number of amides is 2. The smallest absolute Gasteiger partial charge is 0.345 e. The molecule has 0 radical (unpaired) electrons. The molecule has 8 aromatic rings. The molecule has 4 aromatic carbocycles. The highest BCUT2D eigenvalue weighted by Gasteiger charge is 2.23. The lowest BCUT2D eigenvalue weighted by Gasteiger charge is -2.20. The Kier molecular flexibility index (Phi) is 17.7. The van der Waals surface area contributed by atoms with Crippen LogP contribution in [0.15, 0.2) is 85.5 Å². The molecule has 16 nitrogen and oxygen atoms in total. The highest BCUT2D eigenvalue weighted by Crippen LogP contribution is 2.35. The van der Waals surface area contributed by atoms with Crippen molar-refractivity contribution in [2.75, 3.05) is 13.2 Å². The van der Waals surface area contributed by atoms with Gasteiger partial charge in [0.05, 0.1) is 33.5 Å². The number of halogens is 8. The Morgan fingerprint density at radius 2 is 1.14 bits per heavy atom. The third-order valence-corrected chi connectivity index (χ3v) is 11.8. The van der Waals surface area contributed by atoms with Crippen molar-refractivity contribution in [3.05, 3.63) is 152 Å². The lowest BCUT2D eigenvalue weighted by molar-refractivity contribution is -0.152. The van der Waals surface area contributed by atoms with E-state index in [4.69, 9.17) is 32.7 Å². The number of pyridine rings is 2. The maximum Gasteiger partial charge on any atom is 0.345 e. The minimum atomic E-state index is -3.08. The van der Waals surface area contributed by atoms with Gasteiger partial charge in [0.15, 0.2) is 0 Å². The molecule has 2 N–H and O–H groups in total. The van der Waals surface area contributed by atoms with E-state index in [0.29, 0.717) is 56.4 Å². The Bertz CT molecular complexity index is 3330. The Labute approximate surface area is 428 Å². The summed E-state index contributed by atoms with van der Waals surface area (Å²) in [6.45, 7) is 2.48. The normalized spacial score (nSPS) is 12.2. The van der Waals surface area contributed by atoms with Crippen LogP contribution in [0.4, 0.5) is 26.3 Å². The first-order valence-electron chi connectivity index (χ1n) is 22.4. The number of aromatic nitrogens is 8. The van der Waals surface area contributed by atoms with Crippen LogP contribution in [0.3, 0.4) is 0 Å². The number of alkyl halides is 4. The van der Waals surface area contributed by atoms with Crippen molar-refractivity contribution in [1.29, 1.82) is 0 Å². The number of ether oxygens (including phenoxy) is 4. The van der Waals surface area contributed by atoms with Crippen LogP contribution < -0.4 is 20.1 Å². The maximum absolute atomic E-state index is 14.2. The molecule has 2 amide bonds. The van der Waals surface area contributed by atoms with Gasteiger partial charge in [-0.05, 0) is 101 Å². The van der Waals surface area contributed by atoms with Crippen LogP contribution in [-0.4, -0.2) is 77.7 Å². The quantitative estimate of drug-likeness (QED) is 0.0777. The van der Waals surface area contributed by atoms with Crippen LogP contribution in [-0.2, 0) is 32.3 Å². The second kappa shape index (κ2) is 24.1. The predicted octanol–water partition coefficient (Wildman–Crippen LogP) is 10.4. The molecular formula is C50H46Cl2F6N10O6. The molecule has 0 unspecified atom stereocenters. The first kappa shape index (κ1) is 54.4. The van der Waals surface area contributed by atoms with Crippen molar-refractivity contribution < 1.29 is 54.9 Å². The monoisotopic (exact) mass is 1070 g/mol. The van der Waals surface area contributed by atoms with E-state index in [9.17, 15) is 35.9 Å². The van der Waals surface area contributed by atoms with Gasteiger partial charge in [-0.15, -0.1) is 0 Å². The highest BCUT2D eigenvalue weighted by molar-refractivity contribution is 6.31. The van der Waals surface area contributed by atoms with E-state index in [1.165, 1.54) is 18.5 Å². The molecule has 388 valence electrons. The lowest BCUT2D eigenvalue weighted by Crippen LogP contribution is -2.31. The van der Waals surface area contributed by atoms with Gasteiger partial charge in [0.1, 0.15) is 84.9 Å². The van der Waals surface area contributed by atoms with Gasteiger partial charge >= 0.3 is 13.2 Å². The third kappa shape index (κ3) is 13.4. The molecule has 0 aliphatic rings. The molecule has 24 heteroatoms. The summed E-state index contributed by atoms with van der Waals surface area (Å²) in [6.07, 6.45) is 3.08. The van der Waals surface area contributed by atoms with E-state index in [2.05, 4.69) is 50.2 Å². The van der Waals surface area contributed by atoms with Gasteiger partial charge < -0.3 is 29.6 Å². The molecule has 4 aromatic heterocycles. The summed E-state index contributed by atoms with van der Waals surface area (Å²) in [5.41, 5.74) is 5.68. The number of carbonyl (C=O) groups excluding carboxylic acids is 2. The molecule has 2 atom stereocenters. The van der Waals surface area contributed by atoms with E-state index in [1.54, 1.807) is 54.7 Å². The summed E-state index contributed by atoms with van der Waals surface area (Å²) >= 11 is 12.7. The summed E-state index contributed by atoms with van der Waals surface area (Å²) in [6, 6.07) is 17.8. The summed E-state index contributed by atoms with van der Waals surface area (Å²) in [5, 5.41) is 15.4. The molecular weight excluding hydrogens is 1020 g/mol. The van der Waals surface area contributed by atoms with Crippen molar-refractivity contribution in [1.82, 2.24) is 50.1 Å². The van der Waals surface area contributed by atoms with Crippen molar-refractivity contribution in [2.45, 2.75) is 80.1 Å². The van der Waals surface area contributed by atoms with Gasteiger partial charge in [-0.3, -0.25) is 9.59 Å².